The fourth-order valence-corrected chi connectivity index (χ4v) is 1.37. The lowest BCUT2D eigenvalue weighted by atomic mass is 10.2. The van der Waals surface area contributed by atoms with Gasteiger partial charge in [0.15, 0.2) is 0 Å². The molecule has 0 spiro atoms. The van der Waals surface area contributed by atoms with Crippen LogP contribution in [0.5, 0.6) is 11.8 Å². The molecule has 0 saturated carbocycles. The van der Waals surface area contributed by atoms with Gasteiger partial charge in [0.2, 0.25) is 11.8 Å². The van der Waals surface area contributed by atoms with E-state index in [4.69, 9.17) is 10.3 Å². The lowest BCUT2D eigenvalue weighted by molar-refractivity contribution is -0.149. The van der Waals surface area contributed by atoms with Crippen LogP contribution in [0.3, 0.4) is 0 Å². The summed E-state index contributed by atoms with van der Waals surface area (Å²) < 4.78 is 0.0258. The van der Waals surface area contributed by atoms with E-state index in [0.29, 0.717) is 6.42 Å². The van der Waals surface area contributed by atoms with E-state index in [1.54, 1.807) is 0 Å². The summed E-state index contributed by atoms with van der Waals surface area (Å²) in [6, 6.07) is 0.829. The Bertz CT molecular complexity index is 468. The van der Waals surface area contributed by atoms with Gasteiger partial charge < -0.3 is 20.3 Å². The molecule has 0 bridgehead atoms. The Kier molecular flexibility index (Phi) is 5.04. The van der Waals surface area contributed by atoms with Crippen molar-refractivity contribution in [1.82, 2.24) is 10.2 Å². The maximum atomic E-state index is 11.5. The zero-order chi connectivity index (χ0) is 14.4. The summed E-state index contributed by atoms with van der Waals surface area (Å²) in [4.78, 5) is 27.2. The molecule has 0 saturated heterocycles. The maximum absolute atomic E-state index is 11.5. The fourth-order valence-electron chi connectivity index (χ4n) is 1.37. The number of nitrogens with one attached hydrogen (secondary N) is 1. The smallest absolute Gasteiger partial charge is 0.332 e. The van der Waals surface area contributed by atoms with Gasteiger partial charge in [0.05, 0.1) is 0 Å². The third kappa shape index (κ3) is 3.80. The lowest BCUT2D eigenvalue weighted by Crippen LogP contribution is -2.26. The zero-order valence-electron chi connectivity index (χ0n) is 10.4. The van der Waals surface area contributed by atoms with Gasteiger partial charge in [-0.05, 0) is 6.42 Å². The molecule has 8 nitrogen and oxygen atoms in total. The maximum Gasteiger partial charge on any atom is 0.332 e. The van der Waals surface area contributed by atoms with E-state index >= 15 is 0 Å². The molecule has 19 heavy (non-hydrogen) atoms. The molecule has 1 rings (SSSR count). The molecule has 0 fully saturated rings. The van der Waals surface area contributed by atoms with Gasteiger partial charge in [0.1, 0.15) is 5.56 Å². The van der Waals surface area contributed by atoms with Gasteiger partial charge >= 0.3 is 5.97 Å². The largest absolute Gasteiger partial charge is 0.492 e. The number of hydrogen-bond acceptors (Lipinski definition) is 6. The molecule has 0 aliphatic carbocycles. The Morgan fingerprint density at radius 3 is 2.58 bits per heavy atom. The first-order valence-corrected chi connectivity index (χ1v) is 5.80. The number of rotatable bonds is 5. The first kappa shape index (κ1) is 14.7. The molecule has 0 atom stereocenters. The van der Waals surface area contributed by atoms with Crippen molar-refractivity contribution in [3.63, 3.8) is 0 Å². The van der Waals surface area contributed by atoms with Crippen molar-refractivity contribution < 1.29 is 29.8 Å². The molecule has 4 N–H and O–H groups in total. The van der Waals surface area contributed by atoms with Gasteiger partial charge in [0, 0.05) is 12.5 Å². The van der Waals surface area contributed by atoms with Crippen molar-refractivity contribution >= 4 is 11.9 Å². The Morgan fingerprint density at radius 1 is 1.37 bits per heavy atom. The molecule has 1 heterocycles. The van der Waals surface area contributed by atoms with Crippen molar-refractivity contribution in [1.29, 1.82) is 0 Å². The number of nitrogens with zero attached hydrogens (tertiary/aromatic N) is 1. The highest BCUT2D eigenvalue weighted by Crippen LogP contribution is 2.25. The van der Waals surface area contributed by atoms with Crippen LogP contribution < -0.4 is 5.48 Å². The van der Waals surface area contributed by atoms with Crippen LogP contribution in [0.15, 0.2) is 6.07 Å². The van der Waals surface area contributed by atoms with Crippen LogP contribution in [0.4, 0.5) is 0 Å². The molecule has 0 aromatic carbocycles. The summed E-state index contributed by atoms with van der Waals surface area (Å²) in [6.07, 6.45) is 2.67. The number of carbonyl (C=O) groups is 2. The number of hydrogen-bond donors (Lipinski definition) is 4. The molecule has 1 amide bonds. The van der Waals surface area contributed by atoms with Crippen molar-refractivity contribution in [2.75, 3.05) is 0 Å². The molecule has 0 unspecified atom stereocenters. The minimum absolute atomic E-state index is 0.0258. The SMILES string of the molecule is CCCCCC(=O)ONC(=O)c1cc(O)n(O)c1O. The number of aromatic nitrogens is 1. The van der Waals surface area contributed by atoms with Gasteiger partial charge in [-0.25, -0.2) is 4.79 Å². The molecule has 1 aromatic heterocycles. The Morgan fingerprint density at radius 2 is 2.05 bits per heavy atom. The summed E-state index contributed by atoms with van der Waals surface area (Å²) >= 11 is 0. The van der Waals surface area contributed by atoms with E-state index < -0.39 is 29.2 Å². The van der Waals surface area contributed by atoms with Crippen LogP contribution in [-0.2, 0) is 9.63 Å². The highest BCUT2D eigenvalue weighted by molar-refractivity contribution is 5.96. The van der Waals surface area contributed by atoms with Gasteiger partial charge in [-0.2, -0.15) is 5.48 Å². The number of aromatic hydroxyl groups is 2. The Labute approximate surface area is 109 Å². The van der Waals surface area contributed by atoms with Gasteiger partial charge in [-0.15, -0.1) is 4.73 Å². The summed E-state index contributed by atoms with van der Waals surface area (Å²) in [6.45, 7) is 1.99. The van der Waals surface area contributed by atoms with Crippen LogP contribution in [0.2, 0.25) is 0 Å². The van der Waals surface area contributed by atoms with Crippen molar-refractivity contribution in [3.8, 4) is 11.8 Å². The Balaban J connectivity index is 2.47. The molecule has 0 aliphatic rings. The average molecular weight is 272 g/mol. The van der Waals surface area contributed by atoms with Crippen molar-refractivity contribution in [2.24, 2.45) is 0 Å². The standard InChI is InChI=1S/C11H16N2O6/c1-2-3-4-5-9(15)19-12-10(16)7-6-8(14)13(18)11(7)17/h6,14,17-18H,2-5H2,1H3,(H,12,16). The van der Waals surface area contributed by atoms with E-state index in [-0.39, 0.29) is 11.2 Å². The van der Waals surface area contributed by atoms with Crippen molar-refractivity contribution in [3.05, 3.63) is 11.6 Å². The second-order valence-corrected chi connectivity index (χ2v) is 3.91. The average Bonchev–Trinajstić information content (AvgIpc) is 2.64. The Hall–Kier alpha value is -2.38. The summed E-state index contributed by atoms with van der Waals surface area (Å²) in [5.74, 6) is -3.12. The fraction of sp³-hybridized carbons (Fsp3) is 0.455. The quantitative estimate of drug-likeness (QED) is 0.359. The van der Waals surface area contributed by atoms with E-state index in [2.05, 4.69) is 4.84 Å². The highest BCUT2D eigenvalue weighted by atomic mass is 16.7. The topological polar surface area (TPSA) is 121 Å². The highest BCUT2D eigenvalue weighted by Gasteiger charge is 2.20. The van der Waals surface area contributed by atoms with Crippen molar-refractivity contribution in [2.45, 2.75) is 32.6 Å². The predicted molar refractivity (Wildman–Crippen MR) is 62.6 cm³/mol. The van der Waals surface area contributed by atoms with Gasteiger partial charge in [0.25, 0.3) is 5.91 Å². The summed E-state index contributed by atoms with van der Waals surface area (Å²) in [5, 5.41) is 27.4. The predicted octanol–water partition coefficient (Wildman–Crippen LogP) is 0.905. The third-order valence-electron chi connectivity index (χ3n) is 2.42. The van der Waals surface area contributed by atoms with Gasteiger partial charge in [-0.3, -0.25) is 4.79 Å². The van der Waals surface area contributed by atoms with E-state index in [1.807, 2.05) is 12.4 Å². The number of amides is 1. The summed E-state index contributed by atoms with van der Waals surface area (Å²) in [7, 11) is 0. The van der Waals surface area contributed by atoms with Gasteiger partial charge in [-0.1, -0.05) is 19.8 Å². The van der Waals surface area contributed by atoms with E-state index in [0.717, 1.165) is 18.9 Å². The molecular formula is C11H16N2O6. The number of carbonyl (C=O) groups excluding carboxylic acids is 2. The minimum Gasteiger partial charge on any atom is -0.492 e. The van der Waals surface area contributed by atoms with E-state index in [1.165, 1.54) is 0 Å². The summed E-state index contributed by atoms with van der Waals surface area (Å²) in [5.41, 5.74) is 1.41. The molecular weight excluding hydrogens is 256 g/mol. The molecule has 106 valence electrons. The lowest BCUT2D eigenvalue weighted by Gasteiger charge is -2.04. The third-order valence-corrected chi connectivity index (χ3v) is 2.42. The first-order chi connectivity index (χ1) is 8.97. The molecule has 8 heteroatoms. The number of hydroxylamine groups is 1. The second kappa shape index (κ2) is 6.53. The van der Waals surface area contributed by atoms with Crippen LogP contribution in [0.25, 0.3) is 0 Å². The minimum atomic E-state index is -0.954. The monoisotopic (exact) mass is 272 g/mol. The molecule has 0 aliphatic heterocycles. The zero-order valence-corrected chi connectivity index (χ0v) is 10.4. The van der Waals surface area contributed by atoms with Crippen LogP contribution >= 0.6 is 0 Å². The van der Waals surface area contributed by atoms with Crippen LogP contribution in [-0.4, -0.2) is 32.0 Å². The van der Waals surface area contributed by atoms with Crippen LogP contribution in [0, 0.1) is 0 Å². The number of unbranched alkanes of at least 4 members (excludes halogenated alkanes) is 2. The molecule has 0 radical (unpaired) electrons. The second-order valence-electron chi connectivity index (χ2n) is 3.91. The first-order valence-electron chi connectivity index (χ1n) is 5.80. The normalized spacial score (nSPS) is 10.2. The molecule has 1 aromatic rings. The van der Waals surface area contributed by atoms with Crippen LogP contribution in [0.1, 0.15) is 43.0 Å². The van der Waals surface area contributed by atoms with E-state index in [9.17, 15) is 14.7 Å².